The SMILES string of the molecule is COc1ccc(N(CCC(=O)NC(C)c2ccccc2)C(C)=O)c(OC)c1. The highest BCUT2D eigenvalue weighted by Crippen LogP contribution is 2.32. The molecule has 0 aromatic heterocycles. The monoisotopic (exact) mass is 370 g/mol. The Hall–Kier alpha value is -3.02. The predicted octanol–water partition coefficient (Wildman–Crippen LogP) is 3.32. The summed E-state index contributed by atoms with van der Waals surface area (Å²) in [5.41, 5.74) is 1.64. The zero-order valence-corrected chi connectivity index (χ0v) is 16.2. The number of carbonyl (C=O) groups is 2. The summed E-state index contributed by atoms with van der Waals surface area (Å²) in [6, 6.07) is 14.9. The van der Waals surface area contributed by atoms with E-state index >= 15 is 0 Å². The first-order valence-electron chi connectivity index (χ1n) is 8.80. The summed E-state index contributed by atoms with van der Waals surface area (Å²) in [7, 11) is 3.10. The van der Waals surface area contributed by atoms with Gasteiger partial charge in [-0.2, -0.15) is 0 Å². The molecular formula is C21H26N2O4. The number of nitrogens with zero attached hydrogens (tertiary/aromatic N) is 1. The van der Waals surface area contributed by atoms with Crippen molar-refractivity contribution in [3.05, 3.63) is 54.1 Å². The molecule has 2 rings (SSSR count). The van der Waals surface area contributed by atoms with Crippen LogP contribution in [0, 0.1) is 0 Å². The third kappa shape index (κ3) is 5.48. The van der Waals surface area contributed by atoms with E-state index in [9.17, 15) is 9.59 Å². The van der Waals surface area contributed by atoms with E-state index in [0.717, 1.165) is 5.56 Å². The van der Waals surface area contributed by atoms with Gasteiger partial charge in [-0.05, 0) is 24.6 Å². The van der Waals surface area contributed by atoms with E-state index in [1.807, 2.05) is 37.3 Å². The molecule has 0 heterocycles. The van der Waals surface area contributed by atoms with Crippen LogP contribution in [-0.2, 0) is 9.59 Å². The third-order valence-corrected chi connectivity index (χ3v) is 4.30. The Bertz CT molecular complexity index is 777. The smallest absolute Gasteiger partial charge is 0.223 e. The number of benzene rings is 2. The second-order valence-corrected chi connectivity index (χ2v) is 6.16. The number of nitrogens with one attached hydrogen (secondary N) is 1. The fraction of sp³-hybridized carbons (Fsp3) is 0.333. The minimum absolute atomic E-state index is 0.0972. The highest BCUT2D eigenvalue weighted by atomic mass is 16.5. The lowest BCUT2D eigenvalue weighted by Gasteiger charge is -2.24. The minimum atomic E-state index is -0.164. The van der Waals surface area contributed by atoms with E-state index in [2.05, 4.69) is 5.32 Å². The minimum Gasteiger partial charge on any atom is -0.497 e. The van der Waals surface area contributed by atoms with Gasteiger partial charge in [-0.3, -0.25) is 9.59 Å². The number of rotatable bonds is 8. The molecule has 0 spiro atoms. The topological polar surface area (TPSA) is 67.9 Å². The Labute approximate surface area is 160 Å². The average Bonchev–Trinajstić information content (AvgIpc) is 2.68. The van der Waals surface area contributed by atoms with Crippen molar-refractivity contribution in [1.29, 1.82) is 0 Å². The molecule has 144 valence electrons. The first-order valence-corrected chi connectivity index (χ1v) is 8.80. The van der Waals surface area contributed by atoms with Crippen molar-refractivity contribution in [3.63, 3.8) is 0 Å². The van der Waals surface area contributed by atoms with Crippen LogP contribution in [0.2, 0.25) is 0 Å². The van der Waals surface area contributed by atoms with Crippen LogP contribution in [0.5, 0.6) is 11.5 Å². The van der Waals surface area contributed by atoms with Gasteiger partial charge in [0.05, 0.1) is 25.9 Å². The van der Waals surface area contributed by atoms with E-state index in [-0.39, 0.29) is 30.8 Å². The lowest BCUT2D eigenvalue weighted by molar-refractivity contribution is -0.121. The summed E-state index contributed by atoms with van der Waals surface area (Å²) in [5, 5.41) is 2.96. The van der Waals surface area contributed by atoms with Crippen molar-refractivity contribution in [2.45, 2.75) is 26.3 Å². The maximum absolute atomic E-state index is 12.3. The van der Waals surface area contributed by atoms with E-state index in [1.54, 1.807) is 25.3 Å². The molecule has 0 saturated heterocycles. The summed E-state index contributed by atoms with van der Waals surface area (Å²) in [6.07, 6.45) is 0.186. The van der Waals surface area contributed by atoms with Crippen LogP contribution in [0.25, 0.3) is 0 Å². The van der Waals surface area contributed by atoms with E-state index in [0.29, 0.717) is 17.2 Å². The van der Waals surface area contributed by atoms with Gasteiger partial charge in [0.25, 0.3) is 0 Å². The third-order valence-electron chi connectivity index (χ3n) is 4.30. The van der Waals surface area contributed by atoms with Crippen LogP contribution in [0.3, 0.4) is 0 Å². The molecular weight excluding hydrogens is 344 g/mol. The second-order valence-electron chi connectivity index (χ2n) is 6.16. The number of ether oxygens (including phenoxy) is 2. The molecule has 0 bridgehead atoms. The first kappa shape index (κ1) is 20.3. The molecule has 0 radical (unpaired) electrons. The van der Waals surface area contributed by atoms with Gasteiger partial charge in [0.1, 0.15) is 11.5 Å². The van der Waals surface area contributed by atoms with Gasteiger partial charge >= 0.3 is 0 Å². The Balaban J connectivity index is 2.04. The molecule has 27 heavy (non-hydrogen) atoms. The zero-order valence-electron chi connectivity index (χ0n) is 16.2. The van der Waals surface area contributed by atoms with Crippen LogP contribution >= 0.6 is 0 Å². The standard InChI is InChI=1S/C21H26N2O4/c1-15(17-8-6-5-7-9-17)22-21(25)12-13-23(16(2)24)19-11-10-18(26-3)14-20(19)27-4/h5-11,14-15H,12-13H2,1-4H3,(H,22,25). The summed E-state index contributed by atoms with van der Waals surface area (Å²) < 4.78 is 10.6. The molecule has 0 fully saturated rings. The molecule has 1 N–H and O–H groups in total. The number of hydrogen-bond donors (Lipinski definition) is 1. The largest absolute Gasteiger partial charge is 0.497 e. The van der Waals surface area contributed by atoms with Crippen molar-refractivity contribution in [1.82, 2.24) is 5.32 Å². The van der Waals surface area contributed by atoms with Crippen molar-refractivity contribution < 1.29 is 19.1 Å². The summed E-state index contributed by atoms with van der Waals surface area (Å²) >= 11 is 0. The van der Waals surface area contributed by atoms with Crippen LogP contribution < -0.4 is 19.7 Å². The molecule has 2 aromatic carbocycles. The van der Waals surface area contributed by atoms with Crippen LogP contribution in [0.1, 0.15) is 31.9 Å². The average molecular weight is 370 g/mol. The van der Waals surface area contributed by atoms with Gasteiger partial charge in [-0.25, -0.2) is 0 Å². The van der Waals surface area contributed by atoms with Gasteiger partial charge < -0.3 is 19.7 Å². The van der Waals surface area contributed by atoms with Crippen molar-refractivity contribution in [2.24, 2.45) is 0 Å². The highest BCUT2D eigenvalue weighted by molar-refractivity contribution is 5.94. The Morgan fingerprint density at radius 1 is 1.07 bits per heavy atom. The van der Waals surface area contributed by atoms with Crippen molar-refractivity contribution in [3.8, 4) is 11.5 Å². The Morgan fingerprint density at radius 3 is 2.37 bits per heavy atom. The zero-order chi connectivity index (χ0) is 19.8. The van der Waals surface area contributed by atoms with Gasteiger partial charge in [0.15, 0.2) is 0 Å². The predicted molar refractivity (Wildman–Crippen MR) is 105 cm³/mol. The van der Waals surface area contributed by atoms with E-state index < -0.39 is 0 Å². The van der Waals surface area contributed by atoms with Gasteiger partial charge in [0, 0.05) is 26.0 Å². The molecule has 0 aliphatic carbocycles. The lowest BCUT2D eigenvalue weighted by atomic mass is 10.1. The summed E-state index contributed by atoms with van der Waals surface area (Å²) in [4.78, 5) is 26.0. The van der Waals surface area contributed by atoms with E-state index in [4.69, 9.17) is 9.47 Å². The summed E-state index contributed by atoms with van der Waals surface area (Å²) in [5.74, 6) is 0.864. The van der Waals surface area contributed by atoms with Gasteiger partial charge in [0.2, 0.25) is 11.8 Å². The first-order chi connectivity index (χ1) is 13.0. The molecule has 6 heteroatoms. The molecule has 1 atom stereocenters. The van der Waals surface area contributed by atoms with Crippen molar-refractivity contribution >= 4 is 17.5 Å². The number of amides is 2. The number of anilines is 1. The lowest BCUT2D eigenvalue weighted by Crippen LogP contribution is -2.34. The normalized spacial score (nSPS) is 11.4. The van der Waals surface area contributed by atoms with Gasteiger partial charge in [-0.15, -0.1) is 0 Å². The fourth-order valence-electron chi connectivity index (χ4n) is 2.81. The molecule has 2 amide bonds. The summed E-state index contributed by atoms with van der Waals surface area (Å²) in [6.45, 7) is 3.65. The molecule has 6 nitrogen and oxygen atoms in total. The Morgan fingerprint density at radius 2 is 1.78 bits per heavy atom. The number of hydrogen-bond acceptors (Lipinski definition) is 4. The highest BCUT2D eigenvalue weighted by Gasteiger charge is 2.19. The molecule has 0 aliphatic heterocycles. The fourth-order valence-corrected chi connectivity index (χ4v) is 2.81. The maximum atomic E-state index is 12.3. The van der Waals surface area contributed by atoms with Crippen LogP contribution in [-0.4, -0.2) is 32.6 Å². The quantitative estimate of drug-likeness (QED) is 0.774. The number of carbonyl (C=O) groups excluding carboxylic acids is 2. The van der Waals surface area contributed by atoms with Crippen molar-refractivity contribution in [2.75, 3.05) is 25.7 Å². The van der Waals surface area contributed by atoms with E-state index in [1.165, 1.54) is 18.9 Å². The molecule has 0 aliphatic rings. The number of methoxy groups -OCH3 is 2. The molecule has 2 aromatic rings. The second kappa shape index (κ2) is 9.62. The van der Waals surface area contributed by atoms with Crippen LogP contribution in [0.4, 0.5) is 5.69 Å². The Kier molecular flexibility index (Phi) is 7.23. The maximum Gasteiger partial charge on any atom is 0.223 e. The molecule has 1 unspecified atom stereocenters. The van der Waals surface area contributed by atoms with Crippen LogP contribution in [0.15, 0.2) is 48.5 Å². The van der Waals surface area contributed by atoms with Gasteiger partial charge in [-0.1, -0.05) is 30.3 Å². The molecule has 0 saturated carbocycles.